The summed E-state index contributed by atoms with van der Waals surface area (Å²) in [7, 11) is 0. The molecule has 3 rings (SSSR count). The van der Waals surface area contributed by atoms with Gasteiger partial charge in [-0.2, -0.15) is 26.3 Å². The van der Waals surface area contributed by atoms with Gasteiger partial charge in [-0.3, -0.25) is 24.7 Å². The number of carboxylic acids is 4. The first-order valence-electron chi connectivity index (χ1n) is 13.6. The maximum atomic E-state index is 12.8. The van der Waals surface area contributed by atoms with Crippen LogP contribution in [0.1, 0.15) is 52.2 Å². The van der Waals surface area contributed by atoms with Gasteiger partial charge in [0.2, 0.25) is 0 Å². The van der Waals surface area contributed by atoms with E-state index in [1.807, 2.05) is 4.90 Å². The van der Waals surface area contributed by atoms with E-state index in [4.69, 9.17) is 40.8 Å². The summed E-state index contributed by atoms with van der Waals surface area (Å²) in [6.45, 7) is 1.11. The summed E-state index contributed by atoms with van der Waals surface area (Å²) in [4.78, 5) is 68.6. The second-order valence-corrected chi connectivity index (χ2v) is 11.1. The maximum absolute atomic E-state index is 12.8. The van der Waals surface area contributed by atoms with E-state index >= 15 is 0 Å². The summed E-state index contributed by atoms with van der Waals surface area (Å²) in [5.41, 5.74) is 5.94. The zero-order chi connectivity index (χ0) is 37.7. The number of carbonyl (C=O) groups excluding carboxylic acids is 2. The predicted molar refractivity (Wildman–Crippen MR) is 155 cm³/mol. The van der Waals surface area contributed by atoms with E-state index in [2.05, 4.69) is 0 Å². The molecule has 0 saturated carbocycles. The number of carboxylic acid groups (broad SMARTS) is 4. The topological polar surface area (TPSA) is 246 Å². The molecule has 7 N–H and O–H groups in total. The van der Waals surface area contributed by atoms with Gasteiger partial charge in [0.1, 0.15) is 16.5 Å². The number of ketones is 1. The molecule has 0 unspecified atom stereocenters. The van der Waals surface area contributed by atoms with E-state index in [1.165, 1.54) is 11.3 Å². The van der Waals surface area contributed by atoms with Gasteiger partial charge in [-0.1, -0.05) is 0 Å². The highest BCUT2D eigenvalue weighted by Crippen LogP contribution is 2.27. The number of esters is 1. The van der Waals surface area contributed by atoms with Crippen molar-refractivity contribution >= 4 is 52.8 Å². The second-order valence-electron chi connectivity index (χ2n) is 9.97. The summed E-state index contributed by atoms with van der Waals surface area (Å²) in [5, 5.41) is 39.8. The highest BCUT2D eigenvalue weighted by Gasteiger charge is 2.39. The normalized spacial score (nSPS) is 15.0. The Balaban J connectivity index is 0.000000717. The summed E-state index contributed by atoms with van der Waals surface area (Å²) in [5.74, 6) is -9.26. The molecule has 0 radical (unpaired) electrons. The van der Waals surface area contributed by atoms with E-state index in [9.17, 15) is 50.6 Å². The van der Waals surface area contributed by atoms with Crippen LogP contribution >= 0.6 is 11.3 Å². The Labute approximate surface area is 276 Å². The highest BCUT2D eigenvalue weighted by atomic mass is 32.1. The largest absolute Gasteiger partial charge is 0.490 e. The molecule has 0 amide bonds. The number of aliphatic carboxylic acids is 4. The lowest BCUT2D eigenvalue weighted by Gasteiger charge is -2.24. The van der Waals surface area contributed by atoms with Gasteiger partial charge in [0.05, 0.1) is 12.0 Å². The van der Waals surface area contributed by atoms with Crippen molar-refractivity contribution in [2.75, 3.05) is 6.54 Å². The van der Waals surface area contributed by atoms with Crippen LogP contribution in [0.25, 0.3) is 0 Å². The van der Waals surface area contributed by atoms with Gasteiger partial charge in [-0.15, -0.1) is 11.3 Å². The van der Waals surface area contributed by atoms with Crippen LogP contribution in [-0.4, -0.2) is 91.7 Å². The van der Waals surface area contributed by atoms with Crippen molar-refractivity contribution in [3.8, 4) is 5.75 Å². The van der Waals surface area contributed by atoms with Crippen molar-refractivity contribution in [3.05, 3.63) is 51.7 Å². The zero-order valence-corrected chi connectivity index (χ0v) is 25.7. The van der Waals surface area contributed by atoms with Crippen LogP contribution in [0.2, 0.25) is 0 Å². The molecule has 1 aliphatic rings. The fraction of sp³-hybridized carbons (Fsp3) is 0.393. The molecule has 1 fully saturated rings. The Bertz CT molecular complexity index is 1490. The molecule has 1 aliphatic heterocycles. The van der Waals surface area contributed by atoms with Crippen molar-refractivity contribution in [1.82, 2.24) is 4.90 Å². The number of amidine groups is 1. The van der Waals surface area contributed by atoms with Crippen LogP contribution in [0.15, 0.2) is 36.4 Å². The second kappa shape index (κ2) is 18.5. The van der Waals surface area contributed by atoms with Crippen molar-refractivity contribution in [3.63, 3.8) is 0 Å². The molecule has 270 valence electrons. The third kappa shape index (κ3) is 15.1. The maximum Gasteiger partial charge on any atom is 0.490 e. The van der Waals surface area contributed by atoms with Gasteiger partial charge >= 0.3 is 42.2 Å². The van der Waals surface area contributed by atoms with Gasteiger partial charge in [0.25, 0.3) is 0 Å². The zero-order valence-electron chi connectivity index (χ0n) is 24.9. The number of halogens is 6. The molecule has 2 atom stereocenters. The van der Waals surface area contributed by atoms with Gasteiger partial charge in [-0.25, -0.2) is 14.4 Å². The first-order valence-corrected chi connectivity index (χ1v) is 14.4. The van der Waals surface area contributed by atoms with Crippen molar-refractivity contribution in [2.45, 2.75) is 57.0 Å². The third-order valence-electron chi connectivity index (χ3n) is 6.32. The van der Waals surface area contributed by atoms with Crippen molar-refractivity contribution < 1.29 is 80.3 Å². The van der Waals surface area contributed by atoms with Crippen molar-refractivity contribution in [2.24, 2.45) is 11.7 Å². The van der Waals surface area contributed by atoms with E-state index in [0.29, 0.717) is 35.7 Å². The average molecular weight is 730 g/mol. The van der Waals surface area contributed by atoms with Crippen LogP contribution in [0.4, 0.5) is 26.3 Å². The summed E-state index contributed by atoms with van der Waals surface area (Å²) >= 11 is 1.26. The predicted octanol–water partition coefficient (Wildman–Crippen LogP) is 4.01. The van der Waals surface area contributed by atoms with Crippen LogP contribution in [-0.2, 0) is 30.5 Å². The molecule has 2 aromatic rings. The van der Waals surface area contributed by atoms with E-state index in [-0.39, 0.29) is 30.9 Å². The number of alkyl halides is 6. The van der Waals surface area contributed by atoms with E-state index < -0.39 is 54.2 Å². The Morgan fingerprint density at radius 3 is 1.90 bits per heavy atom. The molecule has 0 aliphatic carbocycles. The number of ether oxygens (including phenoxy) is 1. The first kappa shape index (κ1) is 42.0. The number of likely N-dealkylation sites (tertiary alicyclic amines) is 1. The van der Waals surface area contributed by atoms with Crippen LogP contribution in [0.3, 0.4) is 0 Å². The van der Waals surface area contributed by atoms with E-state index in [0.717, 1.165) is 11.3 Å². The third-order valence-corrected chi connectivity index (χ3v) is 7.37. The van der Waals surface area contributed by atoms with Crippen molar-refractivity contribution in [1.29, 1.82) is 5.41 Å². The minimum atomic E-state index is -5.08. The SMILES string of the molecule is N=C(N)c1ccc(OC(=O)c2ccc(CN3CCC[C@H]3C(=O)C[C@H](CCC(=O)O)C(=O)O)s2)cc1.O=C(O)C(F)(F)F.O=C(O)C(F)(F)F. The molecule has 1 aromatic carbocycles. The smallest absolute Gasteiger partial charge is 0.481 e. The molecular weight excluding hydrogens is 700 g/mol. The number of hydrogen-bond donors (Lipinski definition) is 6. The number of rotatable bonds is 12. The number of hydrogen-bond acceptors (Lipinski definition) is 10. The number of thiophene rings is 1. The molecule has 0 bridgehead atoms. The van der Waals surface area contributed by atoms with Crippen LogP contribution in [0.5, 0.6) is 5.75 Å². The summed E-state index contributed by atoms with van der Waals surface area (Å²) in [6, 6.07) is 9.32. The van der Waals surface area contributed by atoms with Gasteiger partial charge in [0.15, 0.2) is 5.78 Å². The van der Waals surface area contributed by atoms with Gasteiger partial charge in [0, 0.05) is 29.8 Å². The minimum Gasteiger partial charge on any atom is -0.481 e. The Morgan fingerprint density at radius 1 is 0.918 bits per heavy atom. The summed E-state index contributed by atoms with van der Waals surface area (Å²) < 4.78 is 68.9. The monoisotopic (exact) mass is 729 g/mol. The fourth-order valence-corrected chi connectivity index (χ4v) is 4.91. The number of nitrogen functional groups attached to an aromatic ring is 1. The summed E-state index contributed by atoms with van der Waals surface area (Å²) in [6.07, 6.45) is -9.35. The number of carbonyl (C=O) groups is 6. The first-order chi connectivity index (χ1) is 22.5. The average Bonchev–Trinajstić information content (AvgIpc) is 3.65. The lowest BCUT2D eigenvalue weighted by molar-refractivity contribution is -0.193. The number of benzene rings is 1. The Kier molecular flexibility index (Phi) is 15.8. The number of Topliss-reactive ketones (excluding diaryl/α,β-unsaturated/α-hetero) is 1. The van der Waals surface area contributed by atoms with Crippen LogP contribution < -0.4 is 10.5 Å². The molecule has 0 spiro atoms. The molecular formula is C28H29F6N3O11S. The molecule has 21 heteroatoms. The molecule has 14 nitrogen and oxygen atoms in total. The lowest BCUT2D eigenvalue weighted by Crippen LogP contribution is -2.37. The quantitative estimate of drug-likeness (QED) is 0.0595. The van der Waals surface area contributed by atoms with E-state index in [1.54, 1.807) is 36.4 Å². The molecule has 49 heavy (non-hydrogen) atoms. The number of nitrogens with one attached hydrogen (secondary N) is 1. The highest BCUT2D eigenvalue weighted by molar-refractivity contribution is 7.13. The number of nitrogens with zero attached hydrogens (tertiary/aromatic N) is 1. The molecule has 1 saturated heterocycles. The standard InChI is InChI=1S/C24H27N3O7S.2C2HF3O2/c25-22(26)14-3-6-16(7-4-14)34-24(33)20-9-8-17(35-20)13-27-11-1-2-18(27)19(28)12-15(23(31)32)5-10-21(29)30;2*3-2(4,5)1(6)7/h3-4,6-9,15,18H,1-2,5,10-13H2,(H3,25,26)(H,29,30)(H,31,32);2*(H,6,7)/t15-,18-;;/m0../s1. The minimum absolute atomic E-state index is 0.0804. The number of nitrogens with two attached hydrogens (primary N) is 1. The van der Waals surface area contributed by atoms with Gasteiger partial charge < -0.3 is 30.9 Å². The van der Waals surface area contributed by atoms with Gasteiger partial charge in [-0.05, 0) is 62.2 Å². The van der Waals surface area contributed by atoms with Crippen LogP contribution in [0, 0.1) is 11.3 Å². The Hall–Kier alpha value is -5.05. The molecule has 1 aromatic heterocycles. The Morgan fingerprint density at radius 2 is 1.45 bits per heavy atom. The fourth-order valence-electron chi connectivity index (χ4n) is 4.00. The molecule has 2 heterocycles. The lowest BCUT2D eigenvalue weighted by atomic mass is 9.93.